The third-order valence-electron chi connectivity index (χ3n) is 2.23. The predicted molar refractivity (Wildman–Crippen MR) is 42.1 cm³/mol. The van der Waals surface area contributed by atoms with Crippen molar-refractivity contribution in [2.45, 2.75) is 18.3 Å². The molecular weight excluding hydrogens is 180 g/mol. The minimum atomic E-state index is -0.825. The molecule has 1 fully saturated rings. The second-order valence-corrected chi connectivity index (χ2v) is 3.39. The maximum atomic E-state index is 10.8. The number of carboxylic acid groups (broad SMARTS) is 1. The molecule has 2 N–H and O–H groups in total. The number of carbonyl (C=O) groups is 1. The molecule has 64 valence electrons. The lowest BCUT2D eigenvalue weighted by Gasteiger charge is -2.06. The van der Waals surface area contributed by atoms with Crippen molar-refractivity contribution in [1.82, 2.24) is 10.2 Å². The number of nitrogens with one attached hydrogen (secondary N) is 1. The van der Waals surface area contributed by atoms with Crippen molar-refractivity contribution in [2.75, 3.05) is 0 Å². The van der Waals surface area contributed by atoms with E-state index < -0.39 is 11.4 Å². The number of halogens is 1. The topological polar surface area (TPSA) is 66.0 Å². The fraction of sp³-hybridized carbons (Fsp3) is 0.429. The maximum absolute atomic E-state index is 10.8. The number of hydrogen-bond donors (Lipinski definition) is 2. The summed E-state index contributed by atoms with van der Waals surface area (Å²) in [7, 11) is 0. The molecule has 1 saturated carbocycles. The smallest absolute Gasteiger partial charge is 0.315 e. The van der Waals surface area contributed by atoms with Crippen molar-refractivity contribution in [1.29, 1.82) is 0 Å². The number of aromatic nitrogens is 2. The molecule has 0 spiro atoms. The average molecular weight is 187 g/mol. The molecule has 12 heavy (non-hydrogen) atoms. The predicted octanol–water partition coefficient (Wildman–Crippen LogP) is 1.18. The van der Waals surface area contributed by atoms with Crippen LogP contribution in [0.3, 0.4) is 0 Å². The molecule has 2 rings (SSSR count). The number of hydrogen-bond acceptors (Lipinski definition) is 2. The number of aromatic amines is 1. The fourth-order valence-corrected chi connectivity index (χ4v) is 1.57. The Morgan fingerprint density at radius 3 is 2.75 bits per heavy atom. The minimum absolute atomic E-state index is 0.412. The van der Waals surface area contributed by atoms with Gasteiger partial charge in [0.1, 0.15) is 5.41 Å². The van der Waals surface area contributed by atoms with Gasteiger partial charge in [-0.2, -0.15) is 5.10 Å². The molecule has 0 radical (unpaired) electrons. The van der Waals surface area contributed by atoms with Crippen molar-refractivity contribution in [3.63, 3.8) is 0 Å². The van der Waals surface area contributed by atoms with E-state index in [0.717, 1.165) is 0 Å². The van der Waals surface area contributed by atoms with Crippen molar-refractivity contribution < 1.29 is 9.90 Å². The highest BCUT2D eigenvalue weighted by Gasteiger charge is 2.54. The van der Waals surface area contributed by atoms with Gasteiger partial charge in [-0.3, -0.25) is 9.89 Å². The van der Waals surface area contributed by atoms with E-state index in [2.05, 4.69) is 10.2 Å². The molecule has 1 heterocycles. The molecule has 0 saturated heterocycles. The number of carboxylic acids is 1. The third-order valence-corrected chi connectivity index (χ3v) is 2.52. The molecular formula is C7H7ClN2O2. The summed E-state index contributed by atoms with van der Waals surface area (Å²) in [5, 5.41) is 15.6. The summed E-state index contributed by atoms with van der Waals surface area (Å²) < 4.78 is 0. The first-order valence-electron chi connectivity index (χ1n) is 3.59. The highest BCUT2D eigenvalue weighted by molar-refractivity contribution is 6.31. The molecule has 0 unspecified atom stereocenters. The third kappa shape index (κ3) is 0.845. The van der Waals surface area contributed by atoms with Crippen molar-refractivity contribution in [2.24, 2.45) is 0 Å². The van der Waals surface area contributed by atoms with Gasteiger partial charge in [0.2, 0.25) is 0 Å². The van der Waals surface area contributed by atoms with Gasteiger partial charge < -0.3 is 5.11 Å². The summed E-state index contributed by atoms with van der Waals surface area (Å²) in [6.45, 7) is 0. The lowest BCUT2D eigenvalue weighted by Crippen LogP contribution is -2.20. The summed E-state index contributed by atoms with van der Waals surface area (Å²) in [5.41, 5.74) is -0.232. The molecule has 1 aromatic heterocycles. The second kappa shape index (κ2) is 2.23. The van der Waals surface area contributed by atoms with E-state index in [4.69, 9.17) is 16.7 Å². The molecule has 0 aromatic carbocycles. The van der Waals surface area contributed by atoms with Gasteiger partial charge in [-0.15, -0.1) is 0 Å². The lowest BCUT2D eigenvalue weighted by atomic mass is 10.0. The Balaban J connectivity index is 2.43. The Morgan fingerprint density at radius 1 is 1.75 bits per heavy atom. The Hall–Kier alpha value is -1.03. The Labute approximate surface area is 73.5 Å². The Kier molecular flexibility index (Phi) is 1.41. The van der Waals surface area contributed by atoms with Crippen molar-refractivity contribution in [3.05, 3.63) is 16.9 Å². The fourth-order valence-electron chi connectivity index (χ4n) is 1.30. The van der Waals surface area contributed by atoms with Crippen LogP contribution in [-0.4, -0.2) is 21.3 Å². The van der Waals surface area contributed by atoms with Crippen LogP contribution in [0, 0.1) is 0 Å². The SMILES string of the molecule is O=C(O)C1(c2[nH]ncc2Cl)CC1. The summed E-state index contributed by atoms with van der Waals surface area (Å²) in [5.74, 6) is -0.825. The van der Waals surface area contributed by atoms with Crippen LogP contribution in [0.15, 0.2) is 6.20 Å². The molecule has 0 atom stereocenters. The number of H-pyrrole nitrogens is 1. The lowest BCUT2D eigenvalue weighted by molar-refractivity contribution is -0.140. The molecule has 0 aliphatic heterocycles. The Morgan fingerprint density at radius 2 is 2.42 bits per heavy atom. The first-order chi connectivity index (χ1) is 5.67. The second-order valence-electron chi connectivity index (χ2n) is 2.98. The van der Waals surface area contributed by atoms with E-state index in [9.17, 15) is 4.79 Å². The zero-order chi connectivity index (χ0) is 8.77. The summed E-state index contributed by atoms with van der Waals surface area (Å²) >= 11 is 5.75. The minimum Gasteiger partial charge on any atom is -0.481 e. The van der Waals surface area contributed by atoms with E-state index in [1.807, 2.05) is 0 Å². The van der Waals surface area contributed by atoms with Crippen molar-refractivity contribution in [3.8, 4) is 0 Å². The first kappa shape index (κ1) is 7.61. The molecule has 0 bridgehead atoms. The van der Waals surface area contributed by atoms with Gasteiger partial charge in [0.25, 0.3) is 0 Å². The zero-order valence-corrected chi connectivity index (χ0v) is 6.93. The summed E-state index contributed by atoms with van der Waals surface area (Å²) in [6.07, 6.45) is 2.72. The van der Waals surface area contributed by atoms with Crippen LogP contribution in [0.5, 0.6) is 0 Å². The monoisotopic (exact) mass is 186 g/mol. The first-order valence-corrected chi connectivity index (χ1v) is 3.97. The van der Waals surface area contributed by atoms with Gasteiger partial charge >= 0.3 is 5.97 Å². The van der Waals surface area contributed by atoms with Crippen LogP contribution in [0.4, 0.5) is 0 Å². The molecule has 1 aromatic rings. The van der Waals surface area contributed by atoms with Gasteiger partial charge in [-0.1, -0.05) is 11.6 Å². The highest BCUT2D eigenvalue weighted by atomic mass is 35.5. The van der Waals surface area contributed by atoms with Crippen molar-refractivity contribution >= 4 is 17.6 Å². The van der Waals surface area contributed by atoms with E-state index >= 15 is 0 Å². The van der Waals surface area contributed by atoms with Crippen LogP contribution < -0.4 is 0 Å². The van der Waals surface area contributed by atoms with E-state index in [-0.39, 0.29) is 0 Å². The Bertz CT molecular complexity index is 330. The van der Waals surface area contributed by atoms with Crippen LogP contribution in [0.2, 0.25) is 5.02 Å². The van der Waals surface area contributed by atoms with Gasteiger partial charge in [0.15, 0.2) is 0 Å². The number of aliphatic carboxylic acids is 1. The van der Waals surface area contributed by atoms with E-state index in [1.54, 1.807) is 0 Å². The molecule has 5 heteroatoms. The van der Waals surface area contributed by atoms with Crippen LogP contribution in [0.25, 0.3) is 0 Å². The molecule has 1 aliphatic rings. The molecule has 4 nitrogen and oxygen atoms in total. The number of rotatable bonds is 2. The molecule has 1 aliphatic carbocycles. The summed E-state index contributed by atoms with van der Waals surface area (Å²) in [4.78, 5) is 10.8. The highest BCUT2D eigenvalue weighted by Crippen LogP contribution is 2.49. The number of nitrogens with zero attached hydrogens (tertiary/aromatic N) is 1. The normalized spacial score (nSPS) is 19.1. The van der Waals surface area contributed by atoms with Gasteiger partial charge in [-0.05, 0) is 12.8 Å². The largest absolute Gasteiger partial charge is 0.481 e. The van der Waals surface area contributed by atoms with Gasteiger partial charge in [-0.25, -0.2) is 0 Å². The quantitative estimate of drug-likeness (QED) is 0.729. The van der Waals surface area contributed by atoms with Gasteiger partial charge in [0.05, 0.1) is 16.9 Å². The standard InChI is InChI=1S/C7H7ClN2O2/c8-4-3-9-10-5(4)7(1-2-7)6(11)12/h3H,1-2H2,(H,9,10)(H,11,12). The zero-order valence-electron chi connectivity index (χ0n) is 6.17. The van der Waals surface area contributed by atoms with E-state index in [1.165, 1.54) is 6.20 Å². The average Bonchev–Trinajstić information content (AvgIpc) is 2.71. The van der Waals surface area contributed by atoms with Gasteiger partial charge in [0, 0.05) is 0 Å². The van der Waals surface area contributed by atoms with E-state index in [0.29, 0.717) is 23.6 Å². The molecule has 0 amide bonds. The summed E-state index contributed by atoms with van der Waals surface area (Å²) in [6, 6.07) is 0. The maximum Gasteiger partial charge on any atom is 0.315 e. The van der Waals surface area contributed by atoms with Crippen LogP contribution in [0.1, 0.15) is 18.5 Å². The van der Waals surface area contributed by atoms with Crippen LogP contribution in [-0.2, 0) is 10.2 Å². The van der Waals surface area contributed by atoms with Crippen LogP contribution >= 0.6 is 11.6 Å².